The Kier molecular flexibility index (Phi) is 2.70. The molecule has 3 N–H and O–H groups in total. The zero-order chi connectivity index (χ0) is 9.14. The molecule has 12 heavy (non-hydrogen) atoms. The monoisotopic (exact) mass is 228 g/mol. The minimum absolute atomic E-state index is 0.125. The predicted octanol–water partition coefficient (Wildman–Crippen LogP) is 1.99. The highest BCUT2D eigenvalue weighted by Gasteiger charge is 2.00. The number of carbonyl (C=O) groups excluding carboxylic acids is 1. The van der Waals surface area contributed by atoms with E-state index in [4.69, 9.17) is 5.73 Å². The fourth-order valence-corrected chi connectivity index (χ4v) is 1.19. The molecule has 0 bridgehead atoms. The van der Waals surface area contributed by atoms with Gasteiger partial charge in [-0.25, -0.2) is 0 Å². The maximum Gasteiger partial charge on any atom is 0.221 e. The summed E-state index contributed by atoms with van der Waals surface area (Å²) in [4.78, 5) is 10.7. The molecule has 0 aliphatic carbocycles. The van der Waals surface area contributed by atoms with Gasteiger partial charge >= 0.3 is 0 Å². The first-order valence-electron chi connectivity index (χ1n) is 3.42. The fraction of sp³-hybridized carbons (Fsp3) is 0.125. The van der Waals surface area contributed by atoms with Crippen molar-refractivity contribution in [1.29, 1.82) is 0 Å². The minimum Gasteiger partial charge on any atom is -0.397 e. The van der Waals surface area contributed by atoms with Gasteiger partial charge in [0, 0.05) is 11.4 Å². The van der Waals surface area contributed by atoms with Gasteiger partial charge < -0.3 is 11.1 Å². The summed E-state index contributed by atoms with van der Waals surface area (Å²) in [5.41, 5.74) is 6.80. The number of hydrogen-bond donors (Lipinski definition) is 2. The number of amides is 1. The van der Waals surface area contributed by atoms with Gasteiger partial charge in [-0.15, -0.1) is 0 Å². The van der Waals surface area contributed by atoms with Crippen LogP contribution in [0, 0.1) is 0 Å². The van der Waals surface area contributed by atoms with E-state index in [0.717, 1.165) is 4.47 Å². The van der Waals surface area contributed by atoms with Crippen LogP contribution in [0.2, 0.25) is 0 Å². The Morgan fingerprint density at radius 3 is 2.83 bits per heavy atom. The maximum atomic E-state index is 10.7. The molecule has 0 spiro atoms. The van der Waals surface area contributed by atoms with Gasteiger partial charge in [-0.2, -0.15) is 0 Å². The third kappa shape index (κ3) is 2.23. The quantitative estimate of drug-likeness (QED) is 0.723. The van der Waals surface area contributed by atoms with E-state index in [1.807, 2.05) is 6.07 Å². The third-order valence-corrected chi connectivity index (χ3v) is 1.82. The molecule has 0 aliphatic heterocycles. The number of nitrogens with one attached hydrogen (secondary N) is 1. The number of nitrogens with two attached hydrogens (primary N) is 1. The standard InChI is InChI=1S/C8H9BrN2O/c1-5(12)11-8-4-6(9)2-3-7(8)10/h2-4H,10H2,1H3,(H,11,12). The van der Waals surface area contributed by atoms with Crippen molar-refractivity contribution in [3.8, 4) is 0 Å². The Morgan fingerprint density at radius 2 is 2.25 bits per heavy atom. The third-order valence-electron chi connectivity index (χ3n) is 1.33. The predicted molar refractivity (Wildman–Crippen MR) is 52.9 cm³/mol. The zero-order valence-electron chi connectivity index (χ0n) is 6.60. The summed E-state index contributed by atoms with van der Waals surface area (Å²) in [5, 5.41) is 2.62. The molecule has 0 heterocycles. The van der Waals surface area contributed by atoms with Gasteiger partial charge in [0.2, 0.25) is 5.91 Å². The summed E-state index contributed by atoms with van der Waals surface area (Å²) in [6.45, 7) is 1.44. The SMILES string of the molecule is CC(=O)Nc1cc(Br)ccc1N. The fourth-order valence-electron chi connectivity index (χ4n) is 0.826. The van der Waals surface area contributed by atoms with Crippen LogP contribution in [0.1, 0.15) is 6.92 Å². The summed E-state index contributed by atoms with van der Waals surface area (Å²) >= 11 is 3.28. The molecular weight excluding hydrogens is 220 g/mol. The molecule has 0 atom stereocenters. The Balaban J connectivity index is 2.97. The van der Waals surface area contributed by atoms with E-state index in [1.54, 1.807) is 12.1 Å². The molecule has 1 aromatic rings. The van der Waals surface area contributed by atoms with Crippen LogP contribution in [0.5, 0.6) is 0 Å². The molecule has 0 fully saturated rings. The van der Waals surface area contributed by atoms with Gasteiger partial charge in [0.05, 0.1) is 11.4 Å². The number of anilines is 2. The number of halogens is 1. The lowest BCUT2D eigenvalue weighted by Gasteiger charge is -2.05. The van der Waals surface area contributed by atoms with Gasteiger partial charge in [0.15, 0.2) is 0 Å². The molecule has 0 aromatic heterocycles. The molecule has 1 amide bonds. The normalized spacial score (nSPS) is 9.50. The van der Waals surface area contributed by atoms with Gasteiger partial charge in [-0.1, -0.05) is 15.9 Å². The topological polar surface area (TPSA) is 55.1 Å². The molecule has 0 saturated heterocycles. The van der Waals surface area contributed by atoms with Gasteiger partial charge in [0.1, 0.15) is 0 Å². The number of nitrogen functional groups attached to an aromatic ring is 1. The van der Waals surface area contributed by atoms with Crippen LogP contribution in [-0.4, -0.2) is 5.91 Å². The van der Waals surface area contributed by atoms with Crippen molar-refractivity contribution in [3.63, 3.8) is 0 Å². The highest BCUT2D eigenvalue weighted by Crippen LogP contribution is 2.22. The Hall–Kier alpha value is -1.03. The van der Waals surface area contributed by atoms with Crippen molar-refractivity contribution in [1.82, 2.24) is 0 Å². The second-order valence-electron chi connectivity index (χ2n) is 2.41. The summed E-state index contributed by atoms with van der Waals surface area (Å²) in [5.74, 6) is -0.125. The highest BCUT2D eigenvalue weighted by molar-refractivity contribution is 9.10. The first kappa shape index (κ1) is 9.06. The lowest BCUT2D eigenvalue weighted by Crippen LogP contribution is -2.07. The van der Waals surface area contributed by atoms with Crippen molar-refractivity contribution in [3.05, 3.63) is 22.7 Å². The van der Waals surface area contributed by atoms with Crippen LogP contribution >= 0.6 is 15.9 Å². The van der Waals surface area contributed by atoms with Crippen LogP contribution in [-0.2, 0) is 4.79 Å². The molecular formula is C8H9BrN2O. The molecule has 1 aromatic carbocycles. The van der Waals surface area contributed by atoms with Crippen molar-refractivity contribution in [2.75, 3.05) is 11.1 Å². The van der Waals surface area contributed by atoms with E-state index in [9.17, 15) is 4.79 Å². The van der Waals surface area contributed by atoms with Crippen LogP contribution in [0.3, 0.4) is 0 Å². The van der Waals surface area contributed by atoms with Crippen LogP contribution < -0.4 is 11.1 Å². The Morgan fingerprint density at radius 1 is 1.58 bits per heavy atom. The van der Waals surface area contributed by atoms with E-state index < -0.39 is 0 Å². The van der Waals surface area contributed by atoms with Crippen LogP contribution in [0.25, 0.3) is 0 Å². The lowest BCUT2D eigenvalue weighted by atomic mass is 10.3. The largest absolute Gasteiger partial charge is 0.397 e. The average molecular weight is 229 g/mol. The average Bonchev–Trinajstić information content (AvgIpc) is 1.96. The van der Waals surface area contributed by atoms with Crippen LogP contribution in [0.4, 0.5) is 11.4 Å². The van der Waals surface area contributed by atoms with E-state index in [0.29, 0.717) is 11.4 Å². The number of hydrogen-bond acceptors (Lipinski definition) is 2. The van der Waals surface area contributed by atoms with Crippen LogP contribution in [0.15, 0.2) is 22.7 Å². The molecule has 64 valence electrons. The molecule has 4 heteroatoms. The minimum atomic E-state index is -0.125. The van der Waals surface area contributed by atoms with E-state index in [-0.39, 0.29) is 5.91 Å². The summed E-state index contributed by atoms with van der Waals surface area (Å²) < 4.78 is 0.889. The summed E-state index contributed by atoms with van der Waals surface area (Å²) in [6.07, 6.45) is 0. The number of benzene rings is 1. The van der Waals surface area contributed by atoms with Gasteiger partial charge in [-0.05, 0) is 18.2 Å². The number of carbonyl (C=O) groups is 1. The van der Waals surface area contributed by atoms with E-state index >= 15 is 0 Å². The van der Waals surface area contributed by atoms with Gasteiger partial charge in [-0.3, -0.25) is 4.79 Å². The number of rotatable bonds is 1. The molecule has 0 aliphatic rings. The van der Waals surface area contributed by atoms with Crippen molar-refractivity contribution in [2.45, 2.75) is 6.92 Å². The zero-order valence-corrected chi connectivity index (χ0v) is 8.18. The molecule has 0 saturated carbocycles. The van der Waals surface area contributed by atoms with Gasteiger partial charge in [0.25, 0.3) is 0 Å². The second-order valence-corrected chi connectivity index (χ2v) is 3.33. The smallest absolute Gasteiger partial charge is 0.221 e. The second kappa shape index (κ2) is 3.58. The lowest BCUT2D eigenvalue weighted by molar-refractivity contribution is -0.114. The summed E-state index contributed by atoms with van der Waals surface area (Å²) in [7, 11) is 0. The van der Waals surface area contributed by atoms with Crippen molar-refractivity contribution in [2.24, 2.45) is 0 Å². The molecule has 1 rings (SSSR count). The van der Waals surface area contributed by atoms with E-state index in [1.165, 1.54) is 6.92 Å². The Bertz CT molecular complexity index is 312. The first-order chi connectivity index (χ1) is 5.59. The summed E-state index contributed by atoms with van der Waals surface area (Å²) in [6, 6.07) is 5.31. The molecule has 0 radical (unpaired) electrons. The van der Waals surface area contributed by atoms with Crippen molar-refractivity contribution >= 4 is 33.2 Å². The maximum absolute atomic E-state index is 10.7. The first-order valence-corrected chi connectivity index (χ1v) is 4.21. The highest BCUT2D eigenvalue weighted by atomic mass is 79.9. The molecule has 3 nitrogen and oxygen atoms in total. The van der Waals surface area contributed by atoms with E-state index in [2.05, 4.69) is 21.2 Å². The molecule has 0 unspecified atom stereocenters. The Labute approximate surface area is 79.1 Å². The van der Waals surface area contributed by atoms with Crippen molar-refractivity contribution < 1.29 is 4.79 Å².